The van der Waals surface area contributed by atoms with Gasteiger partial charge in [-0.1, -0.05) is 12.6 Å². The van der Waals surface area contributed by atoms with E-state index in [2.05, 4.69) is 16.5 Å². The molecule has 17 heteroatoms. The topological polar surface area (TPSA) is 112 Å². The average Bonchev–Trinajstić information content (AvgIpc) is 3.87. The van der Waals surface area contributed by atoms with Gasteiger partial charge in [0, 0.05) is 42.9 Å². The zero-order valence-electron chi connectivity index (χ0n) is 27.7. The lowest BCUT2D eigenvalue weighted by atomic mass is 9.92. The molecule has 2 N–H and O–H groups in total. The fraction of sp³-hybridized carbons (Fsp3) is 0.429. The first-order chi connectivity index (χ1) is 24.7. The highest BCUT2D eigenvalue weighted by atomic mass is 32.1. The van der Waals surface area contributed by atoms with E-state index in [-0.39, 0.29) is 59.0 Å². The van der Waals surface area contributed by atoms with Crippen LogP contribution in [0, 0.1) is 23.0 Å². The Morgan fingerprint density at radius 2 is 2.06 bits per heavy atom. The standard InChI is InChI=1S/C35H32F7N7O2S/c1-3-25(50)49-10-7-23(24(49)13-36)47(2)32-19-11-21(35(40,41)42)27(18-5-6-22(38)30-26(18)20(14-43)31(44)52-30)28(39)29(19)45-33(46-32)51-16-34-8-4-9-48(34)15-17(37)12-34/h3,5-6,11,17,23-24H,1,4,7-10,12-13,15-16,44H2,2H3/t17-,23-,24-,34+/m1/s1. The van der Waals surface area contributed by atoms with E-state index >= 15 is 17.6 Å². The number of carbonyl (C=O) groups is 1. The Morgan fingerprint density at radius 1 is 1.29 bits per heavy atom. The first-order valence-corrected chi connectivity index (χ1v) is 17.3. The Hall–Kier alpha value is -4.69. The molecule has 3 saturated heterocycles. The monoisotopic (exact) mass is 747 g/mol. The number of alkyl halides is 5. The number of likely N-dealkylation sites (tertiary alicyclic amines) is 1. The zero-order chi connectivity index (χ0) is 37.3. The van der Waals surface area contributed by atoms with Crippen molar-refractivity contribution in [2.24, 2.45) is 0 Å². The number of nitrogens with two attached hydrogens (primary N) is 1. The molecule has 0 aliphatic carbocycles. The van der Waals surface area contributed by atoms with Crippen LogP contribution >= 0.6 is 11.3 Å². The fourth-order valence-corrected chi connectivity index (χ4v) is 9.14. The van der Waals surface area contributed by atoms with Crippen LogP contribution < -0.4 is 15.4 Å². The molecule has 274 valence electrons. The van der Waals surface area contributed by atoms with Crippen molar-refractivity contribution in [3.63, 3.8) is 0 Å². The first-order valence-electron chi connectivity index (χ1n) is 16.5. The van der Waals surface area contributed by atoms with Crippen molar-refractivity contribution < 1.29 is 40.3 Å². The molecule has 5 heterocycles. The predicted molar refractivity (Wildman–Crippen MR) is 181 cm³/mol. The molecule has 0 saturated carbocycles. The van der Waals surface area contributed by atoms with Gasteiger partial charge in [0.1, 0.15) is 47.7 Å². The van der Waals surface area contributed by atoms with Gasteiger partial charge in [-0.2, -0.15) is 28.4 Å². The van der Waals surface area contributed by atoms with Gasteiger partial charge < -0.3 is 20.3 Å². The van der Waals surface area contributed by atoms with E-state index in [0.29, 0.717) is 30.4 Å². The number of halogens is 7. The quantitative estimate of drug-likeness (QED) is 0.155. The number of aromatic nitrogens is 2. The van der Waals surface area contributed by atoms with Crippen molar-refractivity contribution in [1.29, 1.82) is 5.26 Å². The lowest BCUT2D eigenvalue weighted by molar-refractivity contribution is -0.137. The fourth-order valence-electron chi connectivity index (χ4n) is 8.19. The van der Waals surface area contributed by atoms with Crippen LogP contribution in [0.5, 0.6) is 6.01 Å². The number of nitriles is 1. The van der Waals surface area contributed by atoms with Gasteiger partial charge in [-0.3, -0.25) is 9.69 Å². The molecule has 0 spiro atoms. The number of hydrogen-bond donors (Lipinski definition) is 1. The number of hydrogen-bond acceptors (Lipinski definition) is 9. The second-order valence-electron chi connectivity index (χ2n) is 13.4. The number of benzene rings is 2. The number of ether oxygens (including phenoxy) is 1. The number of amides is 1. The van der Waals surface area contributed by atoms with Crippen LogP contribution in [0.15, 0.2) is 30.9 Å². The van der Waals surface area contributed by atoms with Crippen molar-refractivity contribution in [2.45, 2.75) is 55.7 Å². The van der Waals surface area contributed by atoms with Crippen LogP contribution in [0.1, 0.15) is 36.8 Å². The van der Waals surface area contributed by atoms with Crippen LogP contribution in [-0.4, -0.2) is 89.4 Å². The van der Waals surface area contributed by atoms with Crippen molar-refractivity contribution >= 4 is 49.1 Å². The maximum absolute atomic E-state index is 17.1. The summed E-state index contributed by atoms with van der Waals surface area (Å²) < 4.78 is 112. The minimum Gasteiger partial charge on any atom is -0.461 e. The highest BCUT2D eigenvalue weighted by Crippen LogP contribution is 2.48. The molecule has 52 heavy (non-hydrogen) atoms. The molecule has 0 unspecified atom stereocenters. The van der Waals surface area contributed by atoms with E-state index < -0.39 is 87.8 Å². The number of thiophene rings is 1. The molecule has 3 fully saturated rings. The number of carbonyl (C=O) groups excluding carboxylic acids is 1. The summed E-state index contributed by atoms with van der Waals surface area (Å²) in [4.78, 5) is 25.8. The molecular formula is C35H32F7N7O2S. The van der Waals surface area contributed by atoms with Crippen molar-refractivity contribution in [3.8, 4) is 23.2 Å². The molecule has 2 aromatic carbocycles. The van der Waals surface area contributed by atoms with Gasteiger partial charge in [-0.05, 0) is 49.6 Å². The second-order valence-corrected chi connectivity index (χ2v) is 14.4. The molecule has 0 radical (unpaired) electrons. The molecule has 0 bridgehead atoms. The Bertz CT molecular complexity index is 2150. The highest BCUT2D eigenvalue weighted by Gasteiger charge is 2.49. The lowest BCUT2D eigenvalue weighted by Crippen LogP contribution is -2.47. The van der Waals surface area contributed by atoms with Crippen molar-refractivity contribution in [1.82, 2.24) is 19.8 Å². The summed E-state index contributed by atoms with van der Waals surface area (Å²) in [5.74, 6) is -3.09. The molecule has 1 amide bonds. The number of nitrogens with zero attached hydrogens (tertiary/aromatic N) is 6. The van der Waals surface area contributed by atoms with Crippen LogP contribution in [0.3, 0.4) is 0 Å². The largest absolute Gasteiger partial charge is 0.461 e. The summed E-state index contributed by atoms with van der Waals surface area (Å²) in [6.07, 6.45) is -3.48. The van der Waals surface area contributed by atoms with Gasteiger partial charge in [0.05, 0.1) is 33.4 Å². The Labute approximate surface area is 297 Å². The smallest absolute Gasteiger partial charge is 0.417 e. The number of likely N-dealkylation sites (N-methyl/N-ethyl adjacent to an activating group) is 1. The van der Waals surface area contributed by atoms with Crippen LogP contribution in [0.25, 0.3) is 32.1 Å². The summed E-state index contributed by atoms with van der Waals surface area (Å²) in [5.41, 5.74) is 1.44. The van der Waals surface area contributed by atoms with Crippen molar-refractivity contribution in [3.05, 3.63) is 53.6 Å². The molecule has 3 aliphatic rings. The van der Waals surface area contributed by atoms with Crippen molar-refractivity contribution in [2.75, 3.05) is 50.6 Å². The SMILES string of the molecule is C=CC(=O)N1CC[C@@H](N(C)c2nc(OC[C@@]34CCCN3C[C@H](F)C4)nc3c(F)c(-c4ccc(F)c5sc(N)c(C#N)c45)c(C(F)(F)F)cc23)[C@H]1CF. The maximum Gasteiger partial charge on any atom is 0.417 e. The summed E-state index contributed by atoms with van der Waals surface area (Å²) in [7, 11) is 1.44. The molecule has 4 aromatic rings. The second kappa shape index (κ2) is 13.1. The van der Waals surface area contributed by atoms with Crippen LogP contribution in [0.2, 0.25) is 0 Å². The summed E-state index contributed by atoms with van der Waals surface area (Å²) in [6.45, 7) is 3.34. The number of nitrogen functional groups attached to an aromatic ring is 1. The molecular weight excluding hydrogens is 715 g/mol. The first kappa shape index (κ1) is 35.7. The molecule has 9 nitrogen and oxygen atoms in total. The van der Waals surface area contributed by atoms with E-state index in [4.69, 9.17) is 10.5 Å². The van der Waals surface area contributed by atoms with E-state index in [1.54, 1.807) is 6.07 Å². The maximum atomic E-state index is 17.1. The van der Waals surface area contributed by atoms with E-state index in [9.17, 15) is 23.2 Å². The molecule has 2 aromatic heterocycles. The van der Waals surface area contributed by atoms with E-state index in [0.717, 1.165) is 24.6 Å². The van der Waals surface area contributed by atoms with E-state index in [1.807, 2.05) is 4.90 Å². The van der Waals surface area contributed by atoms with Gasteiger partial charge in [0.25, 0.3) is 0 Å². The normalized spacial score (nSPS) is 23.4. The summed E-state index contributed by atoms with van der Waals surface area (Å²) >= 11 is 0.645. The van der Waals surface area contributed by atoms with Gasteiger partial charge in [-0.15, -0.1) is 11.3 Å². The lowest BCUT2D eigenvalue weighted by Gasteiger charge is -2.33. The third-order valence-electron chi connectivity index (χ3n) is 10.6. The zero-order valence-corrected chi connectivity index (χ0v) is 28.6. The predicted octanol–water partition coefficient (Wildman–Crippen LogP) is 6.78. The number of rotatable bonds is 8. The minimum atomic E-state index is -5.19. The molecule has 7 rings (SSSR count). The van der Waals surface area contributed by atoms with Gasteiger partial charge >= 0.3 is 12.2 Å². The van der Waals surface area contributed by atoms with Gasteiger partial charge in [0.15, 0.2) is 5.82 Å². The summed E-state index contributed by atoms with van der Waals surface area (Å²) in [5, 5.41) is 8.98. The number of fused-ring (bicyclic) bond motifs is 3. The average molecular weight is 748 g/mol. The van der Waals surface area contributed by atoms with E-state index in [1.165, 1.54) is 16.8 Å². The summed E-state index contributed by atoms with van der Waals surface area (Å²) in [6, 6.07) is 2.00. The van der Waals surface area contributed by atoms with Gasteiger partial charge in [0.2, 0.25) is 5.91 Å². The Morgan fingerprint density at radius 3 is 2.75 bits per heavy atom. The van der Waals surface area contributed by atoms with Gasteiger partial charge in [-0.25, -0.2) is 17.6 Å². The minimum absolute atomic E-state index is 0.0896. The molecule has 4 atom stereocenters. The Balaban J connectivity index is 1.45. The number of anilines is 2. The molecule has 3 aliphatic heterocycles. The van der Waals surface area contributed by atoms with Crippen LogP contribution in [0.4, 0.5) is 41.6 Å². The third kappa shape index (κ3) is 5.67. The highest BCUT2D eigenvalue weighted by molar-refractivity contribution is 7.23. The Kier molecular flexibility index (Phi) is 8.97. The van der Waals surface area contributed by atoms with Crippen LogP contribution in [-0.2, 0) is 11.0 Å². The third-order valence-corrected chi connectivity index (χ3v) is 11.6.